The first-order valence-electron chi connectivity index (χ1n) is 12.7. The van der Waals surface area contributed by atoms with Crippen molar-refractivity contribution in [3.8, 4) is 5.75 Å². The number of alkyl halides is 3. The van der Waals surface area contributed by atoms with Crippen LogP contribution in [0.3, 0.4) is 0 Å². The number of nitrogens with one attached hydrogen (secondary N) is 4. The Labute approximate surface area is 236 Å². The molecule has 4 N–H and O–H groups in total. The van der Waals surface area contributed by atoms with Crippen molar-refractivity contribution < 1.29 is 41.8 Å². The molecule has 14 nitrogen and oxygen atoms in total. The Bertz CT molecular complexity index is 1400. The van der Waals surface area contributed by atoms with E-state index < -0.39 is 35.9 Å². The smallest absolute Gasteiger partial charge is 0.471 e. The molecule has 1 aliphatic heterocycles. The van der Waals surface area contributed by atoms with Crippen molar-refractivity contribution in [1.29, 1.82) is 0 Å². The summed E-state index contributed by atoms with van der Waals surface area (Å²) >= 11 is 0. The zero-order valence-corrected chi connectivity index (χ0v) is 22.6. The first kappa shape index (κ1) is 32.2. The summed E-state index contributed by atoms with van der Waals surface area (Å²) < 4.78 is 52.8. The van der Waals surface area contributed by atoms with Crippen LogP contribution in [0.2, 0.25) is 0 Å². The Kier molecular flexibility index (Phi) is 11.5. The molecule has 3 heterocycles. The van der Waals surface area contributed by atoms with Gasteiger partial charge in [-0.2, -0.15) is 18.2 Å². The monoisotopic (exact) mass is 597 g/mol. The van der Waals surface area contributed by atoms with E-state index in [1.165, 1.54) is 6.33 Å². The molecule has 3 unspecified atom stereocenters. The van der Waals surface area contributed by atoms with Gasteiger partial charge in [0, 0.05) is 19.5 Å². The Balaban J connectivity index is 0.000000375. The molecule has 4 rings (SSSR count). The number of aromatic amines is 1. The number of halogens is 3. The minimum absolute atomic E-state index is 0.0190. The van der Waals surface area contributed by atoms with Gasteiger partial charge in [0.05, 0.1) is 12.4 Å². The molecule has 0 bridgehead atoms. The van der Waals surface area contributed by atoms with Gasteiger partial charge in [-0.25, -0.2) is 4.98 Å². The lowest BCUT2D eigenvalue weighted by Gasteiger charge is -2.19. The molecule has 0 spiro atoms. The second-order valence-electron chi connectivity index (χ2n) is 8.86. The molecule has 3 atom stereocenters. The lowest BCUT2D eigenvalue weighted by Crippen LogP contribution is -2.39. The number of aromatic nitrogens is 4. The van der Waals surface area contributed by atoms with Crippen molar-refractivity contribution in [3.05, 3.63) is 47.0 Å². The fourth-order valence-electron chi connectivity index (χ4n) is 3.79. The standard InChI is InChI=1S/C20H21N5O6.C5H9F3N2O/c1-12-9-14(29-8-7-26)19(31-12)25-11-21-16-17(25)23-20(24-18(16)28)22-15(27)10-30-13-5-3-2-4-6-13;1-9-2-3-10-4(11)5(6,7)8/h2-7,11-12,14,19H,8-10H2,1H3,(H2,22,23,24,27,28);9H,2-3H2,1H3,(H,10,11). The van der Waals surface area contributed by atoms with Gasteiger partial charge in [-0.15, -0.1) is 0 Å². The molecule has 17 heteroatoms. The number of amides is 2. The lowest BCUT2D eigenvalue weighted by atomic mass is 10.2. The van der Waals surface area contributed by atoms with Crippen LogP contribution in [-0.4, -0.2) is 89.4 Å². The fraction of sp³-hybridized carbons (Fsp3) is 0.440. The molecule has 228 valence electrons. The van der Waals surface area contributed by atoms with Crippen LogP contribution in [-0.2, 0) is 23.9 Å². The first-order chi connectivity index (χ1) is 20.0. The van der Waals surface area contributed by atoms with Crippen LogP contribution in [0.15, 0.2) is 41.5 Å². The van der Waals surface area contributed by atoms with Crippen LogP contribution in [0.4, 0.5) is 19.1 Å². The summed E-state index contributed by atoms with van der Waals surface area (Å²) in [6.45, 7) is 1.86. The van der Waals surface area contributed by atoms with Crippen molar-refractivity contribution in [1.82, 2.24) is 30.2 Å². The largest absolute Gasteiger partial charge is 0.484 e. The molecule has 0 saturated carbocycles. The Morgan fingerprint density at radius 1 is 1.24 bits per heavy atom. The maximum atomic E-state index is 12.4. The van der Waals surface area contributed by atoms with E-state index in [4.69, 9.17) is 14.2 Å². The van der Waals surface area contributed by atoms with Crippen molar-refractivity contribution in [2.75, 3.05) is 38.7 Å². The number of H-pyrrole nitrogens is 1. The van der Waals surface area contributed by atoms with Crippen LogP contribution >= 0.6 is 0 Å². The molecule has 1 saturated heterocycles. The third-order valence-electron chi connectivity index (χ3n) is 5.63. The number of aldehydes is 1. The van der Waals surface area contributed by atoms with E-state index >= 15 is 0 Å². The highest BCUT2D eigenvalue weighted by Crippen LogP contribution is 2.32. The molecule has 1 aliphatic rings. The molecule has 1 aromatic carbocycles. The van der Waals surface area contributed by atoms with E-state index in [0.29, 0.717) is 25.0 Å². The molecule has 3 aromatic rings. The molecule has 0 aliphatic carbocycles. The van der Waals surface area contributed by atoms with Crippen LogP contribution < -0.4 is 26.2 Å². The quantitative estimate of drug-likeness (QED) is 0.183. The summed E-state index contributed by atoms with van der Waals surface area (Å²) in [7, 11) is 1.58. The number of anilines is 1. The molecular weight excluding hydrogens is 567 g/mol. The maximum Gasteiger partial charge on any atom is 0.471 e. The number of imidazole rings is 1. The summed E-state index contributed by atoms with van der Waals surface area (Å²) in [5, 5.41) is 6.81. The van der Waals surface area contributed by atoms with E-state index in [2.05, 4.69) is 25.6 Å². The lowest BCUT2D eigenvalue weighted by molar-refractivity contribution is -0.173. The highest BCUT2D eigenvalue weighted by atomic mass is 19.4. The summed E-state index contributed by atoms with van der Waals surface area (Å²) in [5.41, 5.74) is -0.197. The topological polar surface area (TPSA) is 179 Å². The van der Waals surface area contributed by atoms with Gasteiger partial charge in [0.1, 0.15) is 24.7 Å². The molecule has 42 heavy (non-hydrogen) atoms. The van der Waals surface area contributed by atoms with Crippen molar-refractivity contribution in [3.63, 3.8) is 0 Å². The number of rotatable bonds is 11. The van der Waals surface area contributed by atoms with Gasteiger partial charge in [0.2, 0.25) is 5.95 Å². The van der Waals surface area contributed by atoms with Gasteiger partial charge in [-0.3, -0.25) is 29.3 Å². The summed E-state index contributed by atoms with van der Waals surface area (Å²) in [6, 6.07) is 8.87. The number of hydrogen-bond donors (Lipinski definition) is 4. The van der Waals surface area contributed by atoms with Crippen molar-refractivity contribution >= 4 is 35.2 Å². The predicted octanol–water partition coefficient (Wildman–Crippen LogP) is 0.913. The van der Waals surface area contributed by atoms with Gasteiger partial charge in [0.25, 0.3) is 11.5 Å². The van der Waals surface area contributed by atoms with E-state index in [-0.39, 0.29) is 43.0 Å². The van der Waals surface area contributed by atoms with Gasteiger partial charge < -0.3 is 29.6 Å². The van der Waals surface area contributed by atoms with E-state index in [9.17, 15) is 32.3 Å². The number of likely N-dealkylation sites (N-methyl/N-ethyl adjacent to an activating group) is 1. The molecule has 2 amide bonds. The average molecular weight is 598 g/mol. The molecule has 2 aromatic heterocycles. The molecule has 0 radical (unpaired) electrons. The summed E-state index contributed by atoms with van der Waals surface area (Å²) in [4.78, 5) is 56.4. The first-order valence-corrected chi connectivity index (χ1v) is 12.7. The molecular formula is C25H30F3N7O7. The average Bonchev–Trinajstić information content (AvgIpc) is 3.54. The number of benzene rings is 1. The second kappa shape index (κ2) is 15.0. The Morgan fingerprint density at radius 2 is 1.98 bits per heavy atom. The third kappa shape index (κ3) is 9.08. The van der Waals surface area contributed by atoms with E-state index in [1.807, 2.05) is 13.0 Å². The summed E-state index contributed by atoms with van der Waals surface area (Å²) in [6.07, 6.45) is -3.24. The number of carbonyl (C=O) groups is 3. The Hall–Kier alpha value is -4.35. The van der Waals surface area contributed by atoms with Crippen molar-refractivity contribution in [2.45, 2.75) is 38.0 Å². The minimum Gasteiger partial charge on any atom is -0.484 e. The Morgan fingerprint density at radius 3 is 2.64 bits per heavy atom. The minimum atomic E-state index is -4.77. The van der Waals surface area contributed by atoms with E-state index in [1.54, 1.807) is 41.2 Å². The van der Waals surface area contributed by atoms with Gasteiger partial charge in [-0.05, 0) is 26.1 Å². The van der Waals surface area contributed by atoms with Crippen molar-refractivity contribution in [2.24, 2.45) is 0 Å². The maximum absolute atomic E-state index is 12.4. The zero-order chi connectivity index (χ0) is 30.7. The van der Waals surface area contributed by atoms with Crippen LogP contribution in [0.25, 0.3) is 11.2 Å². The number of carbonyl (C=O) groups excluding carboxylic acids is 3. The van der Waals surface area contributed by atoms with Gasteiger partial charge in [0.15, 0.2) is 24.0 Å². The van der Waals surface area contributed by atoms with Gasteiger partial charge in [-0.1, -0.05) is 18.2 Å². The molecule has 1 fully saturated rings. The predicted molar refractivity (Wildman–Crippen MR) is 142 cm³/mol. The zero-order valence-electron chi connectivity index (χ0n) is 22.6. The highest BCUT2D eigenvalue weighted by Gasteiger charge is 2.38. The number of fused-ring (bicyclic) bond motifs is 1. The van der Waals surface area contributed by atoms with Crippen LogP contribution in [0.5, 0.6) is 5.75 Å². The third-order valence-corrected chi connectivity index (χ3v) is 5.63. The fourth-order valence-corrected chi connectivity index (χ4v) is 3.79. The number of para-hydroxylation sites is 1. The summed E-state index contributed by atoms with van der Waals surface area (Å²) in [5.74, 6) is -1.89. The van der Waals surface area contributed by atoms with Crippen LogP contribution in [0.1, 0.15) is 19.6 Å². The normalized spacial score (nSPS) is 18.2. The van der Waals surface area contributed by atoms with Gasteiger partial charge >= 0.3 is 12.1 Å². The highest BCUT2D eigenvalue weighted by molar-refractivity contribution is 5.90. The second-order valence-corrected chi connectivity index (χ2v) is 8.86. The SMILES string of the molecule is CC1CC(OCC=O)C(n2cnc3c(=O)[nH]c(NC(=O)COc4ccccc4)nc32)O1.CNCCNC(=O)C(F)(F)F. The number of ether oxygens (including phenoxy) is 3. The van der Waals surface area contributed by atoms with Crippen LogP contribution in [0, 0.1) is 0 Å². The van der Waals surface area contributed by atoms with E-state index in [0.717, 1.165) is 0 Å². The number of nitrogens with zero attached hydrogens (tertiary/aromatic N) is 3. The number of hydrogen-bond acceptors (Lipinski definition) is 10.